The quantitative estimate of drug-likeness (QED) is 0.718. The number of ether oxygens (including phenoxy) is 1. The van der Waals surface area contributed by atoms with Crippen molar-refractivity contribution in [3.05, 3.63) is 48.0 Å². The van der Waals surface area contributed by atoms with Crippen molar-refractivity contribution in [2.75, 3.05) is 19.7 Å². The number of aryl methyl sites for hydroxylation is 1. The fourth-order valence-corrected chi connectivity index (χ4v) is 2.85. The molecule has 0 unspecified atom stereocenters. The van der Waals surface area contributed by atoms with Gasteiger partial charge in [-0.1, -0.05) is 0 Å². The molecule has 1 saturated heterocycles. The lowest BCUT2D eigenvalue weighted by Crippen LogP contribution is -2.42. The molecule has 24 heavy (non-hydrogen) atoms. The number of carbonyl (C=O) groups excluding carboxylic acids is 1. The second-order valence-electron chi connectivity index (χ2n) is 5.70. The third-order valence-corrected chi connectivity index (χ3v) is 4.08. The average molecular weight is 330 g/mol. The Labute approximate surface area is 136 Å². The smallest absolute Gasteiger partial charge is 0.289 e. The summed E-state index contributed by atoms with van der Waals surface area (Å²) in [6.45, 7) is 1.22. The number of morpholine rings is 1. The number of benzene rings is 1. The molecule has 0 aliphatic carbocycles. The number of nitrogens with zero attached hydrogens (tertiary/aromatic N) is 4. The van der Waals surface area contributed by atoms with Crippen molar-refractivity contribution in [2.24, 2.45) is 7.05 Å². The van der Waals surface area contributed by atoms with Crippen LogP contribution in [0.25, 0.3) is 11.0 Å². The molecule has 3 aromatic rings. The molecule has 124 valence electrons. The molecular formula is C16H15FN4O3. The first-order valence-corrected chi connectivity index (χ1v) is 7.55. The van der Waals surface area contributed by atoms with Gasteiger partial charge in [0.15, 0.2) is 11.6 Å². The average Bonchev–Trinajstić information content (AvgIpc) is 3.20. The fourth-order valence-electron chi connectivity index (χ4n) is 2.85. The minimum Gasteiger partial charge on any atom is -0.451 e. The van der Waals surface area contributed by atoms with Crippen LogP contribution in [0.3, 0.4) is 0 Å². The summed E-state index contributed by atoms with van der Waals surface area (Å²) in [6.07, 6.45) is 1.25. The van der Waals surface area contributed by atoms with E-state index in [0.717, 1.165) is 0 Å². The van der Waals surface area contributed by atoms with Gasteiger partial charge >= 0.3 is 0 Å². The number of amides is 1. The molecule has 1 fully saturated rings. The maximum absolute atomic E-state index is 13.3. The normalized spacial score (nSPS) is 18.2. The van der Waals surface area contributed by atoms with Gasteiger partial charge in [-0.15, -0.1) is 10.2 Å². The van der Waals surface area contributed by atoms with Crippen molar-refractivity contribution >= 4 is 16.9 Å². The topological polar surface area (TPSA) is 73.4 Å². The van der Waals surface area contributed by atoms with E-state index in [9.17, 15) is 9.18 Å². The first kappa shape index (κ1) is 14.8. The largest absolute Gasteiger partial charge is 0.451 e. The number of hydrogen-bond acceptors (Lipinski definition) is 5. The van der Waals surface area contributed by atoms with Crippen LogP contribution in [0, 0.1) is 5.82 Å². The maximum atomic E-state index is 13.3. The summed E-state index contributed by atoms with van der Waals surface area (Å²) in [6, 6.07) is 5.73. The Morgan fingerprint density at radius 3 is 3.04 bits per heavy atom. The molecule has 1 aliphatic heterocycles. The highest BCUT2D eigenvalue weighted by molar-refractivity contribution is 5.96. The minimum absolute atomic E-state index is 0.189. The Kier molecular flexibility index (Phi) is 3.53. The number of fused-ring (bicyclic) bond motifs is 1. The summed E-state index contributed by atoms with van der Waals surface area (Å²) in [5.41, 5.74) is 0.484. The van der Waals surface area contributed by atoms with E-state index in [1.54, 1.807) is 21.9 Å². The van der Waals surface area contributed by atoms with E-state index < -0.39 is 0 Å². The molecule has 8 heteroatoms. The lowest BCUT2D eigenvalue weighted by Gasteiger charge is -2.31. The van der Waals surface area contributed by atoms with E-state index in [4.69, 9.17) is 9.15 Å². The van der Waals surface area contributed by atoms with E-state index in [1.807, 2.05) is 7.05 Å². The Balaban J connectivity index is 1.57. The number of rotatable bonds is 2. The van der Waals surface area contributed by atoms with Crippen molar-refractivity contribution < 1.29 is 18.3 Å². The van der Waals surface area contributed by atoms with Crippen LogP contribution in [-0.2, 0) is 11.8 Å². The van der Waals surface area contributed by atoms with E-state index in [1.165, 1.54) is 18.2 Å². The van der Waals surface area contributed by atoms with Gasteiger partial charge in [-0.3, -0.25) is 4.79 Å². The minimum atomic E-state index is -0.365. The molecule has 2 aromatic heterocycles. The van der Waals surface area contributed by atoms with Crippen LogP contribution in [0.1, 0.15) is 22.5 Å². The second-order valence-corrected chi connectivity index (χ2v) is 5.70. The van der Waals surface area contributed by atoms with Crippen molar-refractivity contribution in [3.8, 4) is 0 Å². The SMILES string of the molecule is Cn1cnnc1[C@H]1CN(C(=O)c2cc3cc(F)ccc3o2)CCO1. The van der Waals surface area contributed by atoms with Gasteiger partial charge in [0.1, 0.15) is 23.8 Å². The van der Waals surface area contributed by atoms with Crippen LogP contribution in [-0.4, -0.2) is 45.3 Å². The molecule has 3 heterocycles. The molecule has 0 bridgehead atoms. The van der Waals surface area contributed by atoms with Crippen LogP contribution < -0.4 is 0 Å². The van der Waals surface area contributed by atoms with Gasteiger partial charge in [-0.25, -0.2) is 4.39 Å². The zero-order chi connectivity index (χ0) is 16.7. The molecule has 0 spiro atoms. The molecule has 1 atom stereocenters. The summed E-state index contributed by atoms with van der Waals surface area (Å²) < 4.78 is 26.3. The van der Waals surface area contributed by atoms with Crippen LogP contribution in [0.4, 0.5) is 4.39 Å². The summed E-state index contributed by atoms with van der Waals surface area (Å²) in [5, 5.41) is 8.44. The highest BCUT2D eigenvalue weighted by Crippen LogP contribution is 2.24. The first-order chi connectivity index (χ1) is 11.6. The third kappa shape index (κ3) is 2.54. The summed E-state index contributed by atoms with van der Waals surface area (Å²) in [5.74, 6) is 0.242. The van der Waals surface area contributed by atoms with Crippen LogP contribution in [0.15, 0.2) is 35.0 Å². The van der Waals surface area contributed by atoms with Gasteiger partial charge in [0.2, 0.25) is 0 Å². The summed E-state index contributed by atoms with van der Waals surface area (Å²) in [7, 11) is 1.83. The number of hydrogen-bond donors (Lipinski definition) is 0. The second kappa shape index (κ2) is 5.72. The van der Waals surface area contributed by atoms with E-state index in [-0.39, 0.29) is 23.6 Å². The lowest BCUT2D eigenvalue weighted by molar-refractivity contribution is -0.0289. The maximum Gasteiger partial charge on any atom is 0.289 e. The predicted octanol–water partition coefficient (Wildman–Crippen LogP) is 1.91. The molecule has 4 rings (SSSR count). The summed E-state index contributed by atoms with van der Waals surface area (Å²) in [4.78, 5) is 14.3. The molecule has 1 aliphatic rings. The van der Waals surface area contributed by atoms with Gasteiger partial charge in [0, 0.05) is 19.0 Å². The fraction of sp³-hybridized carbons (Fsp3) is 0.312. The highest BCUT2D eigenvalue weighted by atomic mass is 19.1. The van der Waals surface area contributed by atoms with E-state index >= 15 is 0 Å². The van der Waals surface area contributed by atoms with Crippen molar-refractivity contribution in [1.29, 1.82) is 0 Å². The monoisotopic (exact) mass is 330 g/mol. The Bertz CT molecular complexity index is 904. The number of aromatic nitrogens is 3. The molecule has 0 N–H and O–H groups in total. The summed E-state index contributed by atoms with van der Waals surface area (Å²) >= 11 is 0. The predicted molar refractivity (Wildman–Crippen MR) is 81.8 cm³/mol. The Hall–Kier alpha value is -2.74. The molecule has 7 nitrogen and oxygen atoms in total. The number of furan rings is 1. The van der Waals surface area contributed by atoms with Gasteiger partial charge in [-0.05, 0) is 24.3 Å². The first-order valence-electron chi connectivity index (χ1n) is 7.55. The molecule has 0 saturated carbocycles. The van der Waals surface area contributed by atoms with Crippen molar-refractivity contribution in [1.82, 2.24) is 19.7 Å². The molecule has 1 aromatic carbocycles. The van der Waals surface area contributed by atoms with Crippen LogP contribution in [0.5, 0.6) is 0 Å². The van der Waals surface area contributed by atoms with Gasteiger partial charge in [0.05, 0.1) is 13.2 Å². The van der Waals surface area contributed by atoms with Gasteiger partial charge in [-0.2, -0.15) is 0 Å². The van der Waals surface area contributed by atoms with Crippen LogP contribution in [0.2, 0.25) is 0 Å². The van der Waals surface area contributed by atoms with Gasteiger partial charge < -0.3 is 18.6 Å². The number of halogens is 1. The van der Waals surface area contributed by atoms with Gasteiger partial charge in [0.25, 0.3) is 5.91 Å². The third-order valence-electron chi connectivity index (χ3n) is 4.08. The molecule has 1 amide bonds. The van der Waals surface area contributed by atoms with Crippen molar-refractivity contribution in [2.45, 2.75) is 6.10 Å². The van der Waals surface area contributed by atoms with E-state index in [2.05, 4.69) is 10.2 Å². The Morgan fingerprint density at radius 2 is 2.25 bits per heavy atom. The molecular weight excluding hydrogens is 315 g/mol. The van der Waals surface area contributed by atoms with Crippen molar-refractivity contribution in [3.63, 3.8) is 0 Å². The zero-order valence-corrected chi connectivity index (χ0v) is 13.0. The molecule has 0 radical (unpaired) electrons. The Morgan fingerprint density at radius 1 is 1.38 bits per heavy atom. The lowest BCUT2D eigenvalue weighted by atomic mass is 10.2. The highest BCUT2D eigenvalue weighted by Gasteiger charge is 2.30. The van der Waals surface area contributed by atoms with E-state index in [0.29, 0.717) is 36.5 Å². The standard InChI is InChI=1S/C16H15FN4O3/c1-20-9-18-19-15(20)14-8-21(4-5-23-14)16(22)13-7-10-6-11(17)2-3-12(10)24-13/h2-3,6-7,9,14H,4-5,8H2,1H3/t14-/m1/s1. The number of carbonyl (C=O) groups is 1. The van der Waals surface area contributed by atoms with Crippen LogP contribution >= 0.6 is 0 Å². The zero-order valence-electron chi connectivity index (χ0n) is 13.0.